The quantitative estimate of drug-likeness (QED) is 0.852. The Kier molecular flexibility index (Phi) is 4.24. The number of aryl methyl sites for hydroxylation is 2. The molecule has 0 bridgehead atoms. The third-order valence-electron chi connectivity index (χ3n) is 3.42. The van der Waals surface area contributed by atoms with E-state index in [0.717, 1.165) is 22.8 Å². The molecule has 0 aliphatic heterocycles. The lowest BCUT2D eigenvalue weighted by atomic mass is 10.2. The summed E-state index contributed by atoms with van der Waals surface area (Å²) in [5.41, 5.74) is 2.59. The van der Waals surface area contributed by atoms with E-state index < -0.39 is 0 Å². The van der Waals surface area contributed by atoms with Crippen LogP contribution in [0.4, 0.5) is 5.69 Å². The van der Waals surface area contributed by atoms with Crippen LogP contribution >= 0.6 is 0 Å². The summed E-state index contributed by atoms with van der Waals surface area (Å²) in [6, 6.07) is 3.88. The Morgan fingerprint density at radius 2 is 2.30 bits per heavy atom. The molecule has 0 aliphatic rings. The van der Waals surface area contributed by atoms with Gasteiger partial charge in [-0.2, -0.15) is 5.10 Å². The summed E-state index contributed by atoms with van der Waals surface area (Å²) < 4.78 is 7.08. The summed E-state index contributed by atoms with van der Waals surface area (Å²) in [5.74, 6) is 0.828. The van der Waals surface area contributed by atoms with Crippen LogP contribution in [-0.2, 0) is 11.8 Å². The van der Waals surface area contributed by atoms with Gasteiger partial charge < -0.3 is 15.1 Å². The Labute approximate surface area is 118 Å². The molecule has 0 saturated heterocycles. The average Bonchev–Trinajstić information content (AvgIpc) is 3.01. The summed E-state index contributed by atoms with van der Waals surface area (Å²) >= 11 is 0. The third kappa shape index (κ3) is 3.08. The Morgan fingerprint density at radius 1 is 1.55 bits per heavy atom. The number of carbonyl (C=O) groups excluding carboxylic acids is 1. The zero-order chi connectivity index (χ0) is 14.7. The number of nitrogens with zero attached hydrogens (tertiary/aromatic N) is 2. The molecule has 0 aromatic carbocycles. The molecule has 0 saturated carbocycles. The van der Waals surface area contributed by atoms with Gasteiger partial charge in [-0.3, -0.25) is 9.48 Å². The number of hydrogen-bond donors (Lipinski definition) is 2. The van der Waals surface area contributed by atoms with Crippen molar-refractivity contribution in [3.63, 3.8) is 0 Å². The molecule has 0 aliphatic carbocycles. The second kappa shape index (κ2) is 5.92. The van der Waals surface area contributed by atoms with E-state index in [1.165, 1.54) is 0 Å². The molecule has 1 atom stereocenters. The van der Waals surface area contributed by atoms with Crippen molar-refractivity contribution in [2.45, 2.75) is 26.8 Å². The molecule has 1 amide bonds. The SMILES string of the molecule is Cc1nn(C)c(C)c1NC(=O)C[NH2+][C@H](C)c1ccco1. The highest BCUT2D eigenvalue weighted by atomic mass is 16.3. The maximum atomic E-state index is 12.0. The van der Waals surface area contributed by atoms with Gasteiger partial charge in [0.05, 0.1) is 23.3 Å². The van der Waals surface area contributed by atoms with Crippen LogP contribution in [0.25, 0.3) is 0 Å². The van der Waals surface area contributed by atoms with Gasteiger partial charge in [0.25, 0.3) is 5.91 Å². The summed E-state index contributed by atoms with van der Waals surface area (Å²) in [5, 5.41) is 9.13. The number of hydrogen-bond acceptors (Lipinski definition) is 3. The molecule has 20 heavy (non-hydrogen) atoms. The van der Waals surface area contributed by atoms with Crippen molar-refractivity contribution in [1.29, 1.82) is 0 Å². The highest BCUT2D eigenvalue weighted by Crippen LogP contribution is 2.17. The fourth-order valence-electron chi connectivity index (χ4n) is 2.10. The van der Waals surface area contributed by atoms with Crippen LogP contribution in [0.2, 0.25) is 0 Å². The molecular formula is C14H21N4O2+. The predicted molar refractivity (Wildman–Crippen MR) is 75.2 cm³/mol. The molecule has 6 heteroatoms. The minimum atomic E-state index is -0.0393. The second-order valence-electron chi connectivity index (χ2n) is 4.96. The van der Waals surface area contributed by atoms with Gasteiger partial charge in [-0.1, -0.05) is 0 Å². The van der Waals surface area contributed by atoms with Crippen LogP contribution in [0.3, 0.4) is 0 Å². The zero-order valence-corrected chi connectivity index (χ0v) is 12.3. The average molecular weight is 277 g/mol. The number of rotatable bonds is 5. The molecule has 0 unspecified atom stereocenters. The van der Waals surface area contributed by atoms with Gasteiger partial charge in [-0.05, 0) is 32.9 Å². The molecule has 108 valence electrons. The molecule has 2 rings (SSSR count). The van der Waals surface area contributed by atoms with Crippen molar-refractivity contribution < 1.29 is 14.5 Å². The zero-order valence-electron chi connectivity index (χ0n) is 12.3. The van der Waals surface area contributed by atoms with Gasteiger partial charge in [0.2, 0.25) is 0 Å². The highest BCUT2D eigenvalue weighted by molar-refractivity contribution is 5.92. The van der Waals surface area contributed by atoms with E-state index in [0.29, 0.717) is 6.54 Å². The van der Waals surface area contributed by atoms with Crippen molar-refractivity contribution >= 4 is 11.6 Å². The van der Waals surface area contributed by atoms with Gasteiger partial charge in [-0.25, -0.2) is 0 Å². The summed E-state index contributed by atoms with van der Waals surface area (Å²) in [4.78, 5) is 12.0. The summed E-state index contributed by atoms with van der Waals surface area (Å²) in [7, 11) is 1.86. The van der Waals surface area contributed by atoms with Crippen LogP contribution < -0.4 is 10.6 Å². The summed E-state index contributed by atoms with van der Waals surface area (Å²) in [6.45, 7) is 6.17. The van der Waals surface area contributed by atoms with Gasteiger partial charge in [-0.15, -0.1) is 0 Å². The third-order valence-corrected chi connectivity index (χ3v) is 3.42. The number of quaternary nitrogens is 1. The molecule has 2 heterocycles. The number of nitrogens with one attached hydrogen (secondary N) is 1. The van der Waals surface area contributed by atoms with Crippen LogP contribution in [0.15, 0.2) is 22.8 Å². The molecule has 0 fully saturated rings. The van der Waals surface area contributed by atoms with Crippen LogP contribution in [0, 0.1) is 13.8 Å². The first-order chi connectivity index (χ1) is 9.49. The van der Waals surface area contributed by atoms with Gasteiger partial charge in [0.1, 0.15) is 6.04 Å². The van der Waals surface area contributed by atoms with E-state index in [2.05, 4.69) is 10.4 Å². The van der Waals surface area contributed by atoms with E-state index >= 15 is 0 Å². The van der Waals surface area contributed by atoms with Crippen LogP contribution in [0.5, 0.6) is 0 Å². The largest absolute Gasteiger partial charge is 0.463 e. The van der Waals surface area contributed by atoms with Crippen molar-refractivity contribution in [3.8, 4) is 0 Å². The van der Waals surface area contributed by atoms with Crippen molar-refractivity contribution in [2.75, 3.05) is 11.9 Å². The van der Waals surface area contributed by atoms with Crippen molar-refractivity contribution in [1.82, 2.24) is 9.78 Å². The van der Waals surface area contributed by atoms with E-state index in [9.17, 15) is 4.79 Å². The number of anilines is 1. The molecule has 6 nitrogen and oxygen atoms in total. The highest BCUT2D eigenvalue weighted by Gasteiger charge is 2.16. The minimum absolute atomic E-state index is 0.0393. The second-order valence-corrected chi connectivity index (χ2v) is 4.96. The van der Waals surface area contributed by atoms with Gasteiger partial charge >= 0.3 is 0 Å². The van der Waals surface area contributed by atoms with Crippen LogP contribution in [0.1, 0.15) is 30.1 Å². The Morgan fingerprint density at radius 3 is 2.85 bits per heavy atom. The lowest BCUT2D eigenvalue weighted by Crippen LogP contribution is -2.86. The maximum absolute atomic E-state index is 12.0. The number of nitrogens with two attached hydrogens (primary N) is 1. The minimum Gasteiger partial charge on any atom is -0.463 e. The first kappa shape index (κ1) is 14.3. The Hall–Kier alpha value is -2.08. The molecule has 3 N–H and O–H groups in total. The van der Waals surface area contributed by atoms with E-state index in [-0.39, 0.29) is 11.9 Å². The topological polar surface area (TPSA) is 76.7 Å². The Bertz CT molecular complexity index is 587. The normalized spacial score (nSPS) is 12.4. The molecule has 0 spiro atoms. The number of aromatic nitrogens is 2. The Balaban J connectivity index is 1.90. The molecular weight excluding hydrogens is 256 g/mol. The number of furan rings is 1. The van der Waals surface area contributed by atoms with Crippen molar-refractivity contribution in [3.05, 3.63) is 35.5 Å². The number of carbonyl (C=O) groups is 1. The van der Waals surface area contributed by atoms with E-state index in [1.54, 1.807) is 10.9 Å². The van der Waals surface area contributed by atoms with Gasteiger partial charge in [0, 0.05) is 7.05 Å². The summed E-state index contributed by atoms with van der Waals surface area (Å²) in [6.07, 6.45) is 1.64. The molecule has 0 radical (unpaired) electrons. The molecule has 2 aromatic rings. The standard InChI is InChI=1S/C14H20N4O2/c1-9(12-6-5-7-20-12)15-8-13(19)16-14-10(2)17-18(4)11(14)3/h5-7,9,15H,8H2,1-4H3,(H,16,19)/p+1/t9-/m1/s1. The smallest absolute Gasteiger partial charge is 0.279 e. The fourth-order valence-corrected chi connectivity index (χ4v) is 2.10. The first-order valence-electron chi connectivity index (χ1n) is 6.65. The monoisotopic (exact) mass is 277 g/mol. The maximum Gasteiger partial charge on any atom is 0.279 e. The first-order valence-corrected chi connectivity index (χ1v) is 6.65. The fraction of sp³-hybridized carbons (Fsp3) is 0.429. The van der Waals surface area contributed by atoms with E-state index in [4.69, 9.17) is 4.42 Å². The van der Waals surface area contributed by atoms with Crippen LogP contribution in [-0.4, -0.2) is 22.2 Å². The number of amides is 1. The van der Waals surface area contributed by atoms with Crippen molar-refractivity contribution in [2.24, 2.45) is 7.05 Å². The van der Waals surface area contributed by atoms with Gasteiger partial charge in [0.15, 0.2) is 12.3 Å². The lowest BCUT2D eigenvalue weighted by molar-refractivity contribution is -0.684. The van der Waals surface area contributed by atoms with E-state index in [1.807, 2.05) is 45.3 Å². The predicted octanol–water partition coefficient (Wildman–Crippen LogP) is 0.893. The lowest BCUT2D eigenvalue weighted by Gasteiger charge is -2.09. The molecule has 2 aromatic heterocycles.